The van der Waals surface area contributed by atoms with Crippen molar-refractivity contribution in [3.8, 4) is 17.7 Å². The van der Waals surface area contributed by atoms with Crippen LogP contribution < -0.4 is 14.8 Å². The van der Waals surface area contributed by atoms with Gasteiger partial charge in [0.25, 0.3) is 5.91 Å². The van der Waals surface area contributed by atoms with Crippen LogP contribution in [0.25, 0.3) is 0 Å². The van der Waals surface area contributed by atoms with Gasteiger partial charge in [0.1, 0.15) is 17.4 Å². The number of nitriles is 1. The molecule has 2 aromatic rings. The van der Waals surface area contributed by atoms with Crippen LogP contribution in [0, 0.1) is 11.3 Å². The van der Waals surface area contributed by atoms with Crippen molar-refractivity contribution in [2.24, 2.45) is 0 Å². The summed E-state index contributed by atoms with van der Waals surface area (Å²) < 4.78 is 10.9. The van der Waals surface area contributed by atoms with Crippen molar-refractivity contribution in [3.63, 3.8) is 0 Å². The Balaban J connectivity index is 1.81. The van der Waals surface area contributed by atoms with E-state index in [0.717, 1.165) is 36.9 Å². The number of carbonyl (C=O) groups excluding carboxylic acids is 1. The first kappa shape index (κ1) is 19.7. The topological polar surface area (TPSA) is 84.2 Å². The number of hydrogen-bond acceptors (Lipinski definition) is 5. The maximum Gasteiger partial charge on any atom is 0.262 e. The summed E-state index contributed by atoms with van der Waals surface area (Å²) in [4.78, 5) is 17.0. The molecule has 0 saturated heterocycles. The van der Waals surface area contributed by atoms with Gasteiger partial charge in [0, 0.05) is 0 Å². The summed E-state index contributed by atoms with van der Waals surface area (Å²) in [7, 11) is 1.55. The first-order chi connectivity index (χ1) is 13.5. The SMILES string of the molecule is COc1ccccc1NC(=O)COc1nc(C(C)C)c2c(c1C#N)CCCC2. The number of para-hydroxylation sites is 2. The lowest BCUT2D eigenvalue weighted by atomic mass is 9.85. The molecule has 6 nitrogen and oxygen atoms in total. The van der Waals surface area contributed by atoms with Crippen molar-refractivity contribution < 1.29 is 14.3 Å². The van der Waals surface area contributed by atoms with Crippen molar-refractivity contribution in [3.05, 3.63) is 46.6 Å². The van der Waals surface area contributed by atoms with Crippen molar-refractivity contribution >= 4 is 11.6 Å². The van der Waals surface area contributed by atoms with Crippen LogP contribution in [-0.2, 0) is 17.6 Å². The molecule has 0 fully saturated rings. The van der Waals surface area contributed by atoms with Crippen LogP contribution in [0.5, 0.6) is 11.6 Å². The van der Waals surface area contributed by atoms with E-state index in [0.29, 0.717) is 17.0 Å². The molecule has 1 heterocycles. The van der Waals surface area contributed by atoms with Crippen LogP contribution in [0.4, 0.5) is 5.69 Å². The zero-order valence-electron chi connectivity index (χ0n) is 16.5. The molecule has 0 unspecified atom stereocenters. The smallest absolute Gasteiger partial charge is 0.262 e. The predicted molar refractivity (Wildman–Crippen MR) is 107 cm³/mol. The minimum Gasteiger partial charge on any atom is -0.495 e. The minimum absolute atomic E-state index is 0.226. The summed E-state index contributed by atoms with van der Waals surface area (Å²) in [6.45, 7) is 3.94. The molecule has 1 aliphatic carbocycles. The van der Waals surface area contributed by atoms with Gasteiger partial charge in [-0.25, -0.2) is 4.98 Å². The number of methoxy groups -OCH3 is 1. The number of aromatic nitrogens is 1. The number of anilines is 1. The Morgan fingerprint density at radius 3 is 2.64 bits per heavy atom. The average Bonchev–Trinajstić information content (AvgIpc) is 2.71. The van der Waals surface area contributed by atoms with Crippen molar-refractivity contribution in [1.29, 1.82) is 5.26 Å². The molecular weight excluding hydrogens is 354 g/mol. The van der Waals surface area contributed by atoms with Crippen molar-refractivity contribution in [2.75, 3.05) is 19.0 Å². The molecule has 3 rings (SSSR count). The standard InChI is InChI=1S/C22H25N3O3/c1-14(2)21-16-9-5-4-8-15(16)17(12-23)22(25-21)28-13-20(26)24-18-10-6-7-11-19(18)27-3/h6-7,10-11,14H,4-5,8-9,13H2,1-3H3,(H,24,26). The number of benzene rings is 1. The lowest BCUT2D eigenvalue weighted by Gasteiger charge is -2.23. The molecule has 1 aromatic carbocycles. The summed E-state index contributed by atoms with van der Waals surface area (Å²) in [5.41, 5.74) is 4.22. The summed E-state index contributed by atoms with van der Waals surface area (Å²) in [6, 6.07) is 9.41. The average molecular weight is 379 g/mol. The van der Waals surface area contributed by atoms with Gasteiger partial charge >= 0.3 is 0 Å². The highest BCUT2D eigenvalue weighted by molar-refractivity contribution is 5.93. The molecule has 28 heavy (non-hydrogen) atoms. The predicted octanol–water partition coefficient (Wildman–Crippen LogP) is 3.98. The molecule has 1 aromatic heterocycles. The lowest BCUT2D eigenvalue weighted by molar-refractivity contribution is -0.118. The maximum atomic E-state index is 12.4. The second-order valence-corrected chi connectivity index (χ2v) is 7.15. The molecule has 1 aliphatic rings. The van der Waals surface area contributed by atoms with Crippen LogP contribution in [0.1, 0.15) is 55.0 Å². The first-order valence-corrected chi connectivity index (χ1v) is 9.56. The van der Waals surface area contributed by atoms with Crippen LogP contribution >= 0.6 is 0 Å². The number of pyridine rings is 1. The second-order valence-electron chi connectivity index (χ2n) is 7.15. The van der Waals surface area contributed by atoms with Gasteiger partial charge in [-0.15, -0.1) is 0 Å². The maximum absolute atomic E-state index is 12.4. The Kier molecular flexibility index (Phi) is 6.15. The lowest BCUT2D eigenvalue weighted by Crippen LogP contribution is -2.22. The molecule has 0 spiro atoms. The molecule has 0 bridgehead atoms. The Morgan fingerprint density at radius 2 is 1.96 bits per heavy atom. The van der Waals surface area contributed by atoms with Gasteiger partial charge in [-0.3, -0.25) is 4.79 Å². The molecule has 0 radical (unpaired) electrons. The third-order valence-electron chi connectivity index (χ3n) is 4.89. The summed E-state index contributed by atoms with van der Waals surface area (Å²) in [6.07, 6.45) is 3.96. The van der Waals surface area contributed by atoms with E-state index in [-0.39, 0.29) is 24.3 Å². The molecule has 0 aliphatic heterocycles. The molecule has 6 heteroatoms. The van der Waals surface area contributed by atoms with E-state index >= 15 is 0 Å². The Hall–Kier alpha value is -3.07. The van der Waals surface area contributed by atoms with E-state index in [2.05, 4.69) is 30.2 Å². The zero-order chi connectivity index (χ0) is 20.1. The van der Waals surface area contributed by atoms with E-state index in [9.17, 15) is 10.1 Å². The van der Waals surface area contributed by atoms with E-state index in [1.807, 2.05) is 12.1 Å². The fraction of sp³-hybridized carbons (Fsp3) is 0.409. The van der Waals surface area contributed by atoms with Gasteiger partial charge < -0.3 is 14.8 Å². The summed E-state index contributed by atoms with van der Waals surface area (Å²) in [5.74, 6) is 0.716. The Labute approximate surface area is 165 Å². The third-order valence-corrected chi connectivity index (χ3v) is 4.89. The quantitative estimate of drug-likeness (QED) is 0.821. The summed E-state index contributed by atoms with van der Waals surface area (Å²) >= 11 is 0. The minimum atomic E-state index is -0.334. The fourth-order valence-electron chi connectivity index (χ4n) is 3.59. The molecule has 1 N–H and O–H groups in total. The van der Waals surface area contributed by atoms with Crippen LogP contribution in [-0.4, -0.2) is 24.6 Å². The van der Waals surface area contributed by atoms with Gasteiger partial charge in [-0.05, 0) is 54.9 Å². The molecule has 1 amide bonds. The van der Waals surface area contributed by atoms with Gasteiger partial charge in [0.2, 0.25) is 5.88 Å². The highest BCUT2D eigenvalue weighted by Gasteiger charge is 2.24. The van der Waals surface area contributed by atoms with Crippen LogP contribution in [0.2, 0.25) is 0 Å². The van der Waals surface area contributed by atoms with Crippen LogP contribution in [0.3, 0.4) is 0 Å². The van der Waals surface area contributed by atoms with Crippen LogP contribution in [0.15, 0.2) is 24.3 Å². The molecule has 0 saturated carbocycles. The Bertz CT molecular complexity index is 916. The molecule has 0 atom stereocenters. The fourth-order valence-corrected chi connectivity index (χ4v) is 3.59. The van der Waals surface area contributed by atoms with E-state index in [4.69, 9.17) is 9.47 Å². The number of fused-ring (bicyclic) bond motifs is 1. The van der Waals surface area contributed by atoms with Gasteiger partial charge in [0.15, 0.2) is 6.61 Å². The monoisotopic (exact) mass is 379 g/mol. The number of ether oxygens (including phenoxy) is 2. The number of rotatable bonds is 6. The zero-order valence-corrected chi connectivity index (χ0v) is 16.5. The third kappa shape index (κ3) is 4.09. The number of carbonyl (C=O) groups is 1. The molecular formula is C22H25N3O3. The van der Waals surface area contributed by atoms with Crippen molar-refractivity contribution in [2.45, 2.75) is 45.4 Å². The highest BCUT2D eigenvalue weighted by atomic mass is 16.5. The number of nitrogens with one attached hydrogen (secondary N) is 1. The number of nitrogens with zero attached hydrogens (tertiary/aromatic N) is 2. The van der Waals surface area contributed by atoms with E-state index < -0.39 is 0 Å². The van der Waals surface area contributed by atoms with E-state index in [1.54, 1.807) is 19.2 Å². The first-order valence-electron chi connectivity index (χ1n) is 9.56. The van der Waals surface area contributed by atoms with Gasteiger partial charge in [0.05, 0.1) is 18.5 Å². The normalized spacial score (nSPS) is 12.8. The largest absolute Gasteiger partial charge is 0.495 e. The number of amides is 1. The second kappa shape index (κ2) is 8.75. The highest BCUT2D eigenvalue weighted by Crippen LogP contribution is 2.34. The van der Waals surface area contributed by atoms with E-state index in [1.165, 1.54) is 5.56 Å². The molecule has 146 valence electrons. The van der Waals surface area contributed by atoms with Gasteiger partial charge in [-0.2, -0.15) is 5.26 Å². The summed E-state index contributed by atoms with van der Waals surface area (Å²) in [5, 5.41) is 12.5. The van der Waals surface area contributed by atoms with Crippen molar-refractivity contribution in [1.82, 2.24) is 4.98 Å². The Morgan fingerprint density at radius 1 is 1.25 bits per heavy atom. The number of hydrogen-bond donors (Lipinski definition) is 1. The van der Waals surface area contributed by atoms with Gasteiger partial charge in [-0.1, -0.05) is 26.0 Å².